The van der Waals surface area contributed by atoms with Gasteiger partial charge in [-0.25, -0.2) is 0 Å². The molecule has 0 aromatic heterocycles. The third-order valence-electron chi connectivity index (χ3n) is 2.32. The van der Waals surface area contributed by atoms with Crippen molar-refractivity contribution in [2.24, 2.45) is 0 Å². The minimum absolute atomic E-state index is 0.102. The second-order valence-corrected chi connectivity index (χ2v) is 4.13. The van der Waals surface area contributed by atoms with Crippen molar-refractivity contribution in [1.29, 1.82) is 0 Å². The summed E-state index contributed by atoms with van der Waals surface area (Å²) in [7, 11) is 0. The Hall–Kier alpha value is -0.370. The number of nitrogens with zero attached hydrogens (tertiary/aromatic N) is 1. The van der Waals surface area contributed by atoms with Crippen LogP contribution < -0.4 is 0 Å². The molecule has 0 saturated carbocycles. The highest BCUT2D eigenvalue weighted by molar-refractivity contribution is 5.57. The van der Waals surface area contributed by atoms with Crippen LogP contribution in [0.4, 0.5) is 0 Å². The average Bonchev–Trinajstić information content (AvgIpc) is 2.02. The van der Waals surface area contributed by atoms with E-state index in [0.29, 0.717) is 12.1 Å². The largest absolute Gasteiger partial charge is 0.302 e. The van der Waals surface area contributed by atoms with Gasteiger partial charge in [0.05, 0.1) is 6.04 Å². The molecule has 0 aromatic carbocycles. The summed E-state index contributed by atoms with van der Waals surface area (Å²) in [6.45, 7) is 10.7. The fourth-order valence-electron chi connectivity index (χ4n) is 1.95. The zero-order valence-electron chi connectivity index (χ0n) is 9.58. The second-order valence-electron chi connectivity index (χ2n) is 4.13. The van der Waals surface area contributed by atoms with Gasteiger partial charge in [0.15, 0.2) is 0 Å². The molecule has 0 rings (SSSR count). The fraction of sp³-hybridized carbons (Fsp3) is 0.909. The summed E-state index contributed by atoms with van der Waals surface area (Å²) in [6.07, 6.45) is 3.13. The van der Waals surface area contributed by atoms with E-state index in [-0.39, 0.29) is 6.04 Å². The fourth-order valence-corrected chi connectivity index (χ4v) is 1.95. The molecule has 0 fully saturated rings. The van der Waals surface area contributed by atoms with Crippen LogP contribution in [-0.4, -0.2) is 29.3 Å². The van der Waals surface area contributed by atoms with Crippen molar-refractivity contribution < 1.29 is 4.79 Å². The van der Waals surface area contributed by atoms with E-state index in [1.165, 1.54) is 0 Å². The first-order valence-electron chi connectivity index (χ1n) is 5.27. The Morgan fingerprint density at radius 3 is 1.85 bits per heavy atom. The standard InChI is InChI=1S/C11H23NO/c1-6-7-11(8-13)12(9(2)3)10(4)5/h8-11H,6-7H2,1-5H3. The minimum atomic E-state index is 0.102. The number of hydrogen-bond acceptors (Lipinski definition) is 2. The smallest absolute Gasteiger partial charge is 0.137 e. The Bertz CT molecular complexity index is 135. The molecule has 1 unspecified atom stereocenters. The molecule has 0 aliphatic carbocycles. The van der Waals surface area contributed by atoms with Gasteiger partial charge in [-0.05, 0) is 34.1 Å². The van der Waals surface area contributed by atoms with E-state index < -0.39 is 0 Å². The summed E-state index contributed by atoms with van der Waals surface area (Å²) in [5, 5.41) is 0. The predicted molar refractivity (Wildman–Crippen MR) is 56.9 cm³/mol. The molecule has 0 aliphatic rings. The van der Waals surface area contributed by atoms with Crippen molar-refractivity contribution in [1.82, 2.24) is 4.90 Å². The number of hydrogen-bond donors (Lipinski definition) is 0. The molecule has 0 N–H and O–H groups in total. The van der Waals surface area contributed by atoms with E-state index in [1.54, 1.807) is 0 Å². The van der Waals surface area contributed by atoms with Crippen LogP contribution >= 0.6 is 0 Å². The average molecular weight is 185 g/mol. The topological polar surface area (TPSA) is 20.3 Å². The lowest BCUT2D eigenvalue weighted by atomic mass is 10.1. The second kappa shape index (κ2) is 6.14. The molecule has 0 radical (unpaired) electrons. The first-order valence-corrected chi connectivity index (χ1v) is 5.27. The molecule has 0 spiro atoms. The van der Waals surface area contributed by atoms with Crippen LogP contribution in [0.5, 0.6) is 0 Å². The lowest BCUT2D eigenvalue weighted by Gasteiger charge is -2.35. The Morgan fingerprint density at radius 1 is 1.15 bits per heavy atom. The Morgan fingerprint density at radius 2 is 1.62 bits per heavy atom. The first-order chi connectivity index (χ1) is 6.04. The SMILES string of the molecule is CCCC(C=O)N(C(C)C)C(C)C. The van der Waals surface area contributed by atoms with E-state index in [9.17, 15) is 4.79 Å². The maximum absolute atomic E-state index is 10.9. The van der Waals surface area contributed by atoms with Gasteiger partial charge in [-0.1, -0.05) is 13.3 Å². The number of carbonyl (C=O) groups excluding carboxylic acids is 1. The van der Waals surface area contributed by atoms with Crippen LogP contribution in [0.25, 0.3) is 0 Å². The van der Waals surface area contributed by atoms with E-state index >= 15 is 0 Å². The highest BCUT2D eigenvalue weighted by atomic mass is 16.1. The molecule has 0 saturated heterocycles. The Balaban J connectivity index is 4.38. The van der Waals surface area contributed by atoms with Crippen LogP contribution in [0.2, 0.25) is 0 Å². The zero-order valence-corrected chi connectivity index (χ0v) is 9.58. The van der Waals surface area contributed by atoms with Crippen LogP contribution in [0.15, 0.2) is 0 Å². The molecule has 2 nitrogen and oxygen atoms in total. The third-order valence-corrected chi connectivity index (χ3v) is 2.32. The van der Waals surface area contributed by atoms with Crippen molar-refractivity contribution in [2.45, 2.75) is 65.6 Å². The summed E-state index contributed by atoms with van der Waals surface area (Å²) in [6, 6.07) is 0.994. The summed E-state index contributed by atoms with van der Waals surface area (Å²) >= 11 is 0. The lowest BCUT2D eigenvalue weighted by Crippen LogP contribution is -2.45. The highest BCUT2D eigenvalue weighted by Crippen LogP contribution is 2.13. The van der Waals surface area contributed by atoms with E-state index in [2.05, 4.69) is 39.5 Å². The molecule has 0 bridgehead atoms. The lowest BCUT2D eigenvalue weighted by molar-refractivity contribution is -0.114. The molecule has 1 atom stereocenters. The van der Waals surface area contributed by atoms with Crippen LogP contribution in [0, 0.1) is 0 Å². The van der Waals surface area contributed by atoms with E-state index in [0.717, 1.165) is 19.1 Å². The van der Waals surface area contributed by atoms with Crippen LogP contribution in [0.1, 0.15) is 47.5 Å². The summed E-state index contributed by atoms with van der Waals surface area (Å²) in [4.78, 5) is 13.2. The van der Waals surface area contributed by atoms with Gasteiger partial charge in [0.25, 0.3) is 0 Å². The maximum Gasteiger partial charge on any atom is 0.137 e. The van der Waals surface area contributed by atoms with Gasteiger partial charge >= 0.3 is 0 Å². The van der Waals surface area contributed by atoms with Crippen LogP contribution in [-0.2, 0) is 4.79 Å². The van der Waals surface area contributed by atoms with Crippen molar-refractivity contribution in [3.05, 3.63) is 0 Å². The number of aldehydes is 1. The van der Waals surface area contributed by atoms with Gasteiger partial charge in [-0.3, -0.25) is 4.90 Å². The van der Waals surface area contributed by atoms with Gasteiger partial charge in [-0.2, -0.15) is 0 Å². The minimum Gasteiger partial charge on any atom is -0.302 e. The molecule has 0 amide bonds. The van der Waals surface area contributed by atoms with Crippen molar-refractivity contribution >= 4 is 6.29 Å². The number of carbonyl (C=O) groups is 1. The third kappa shape index (κ3) is 3.90. The van der Waals surface area contributed by atoms with Gasteiger partial charge in [0, 0.05) is 12.1 Å². The Labute approximate surface area is 82.3 Å². The molecule has 0 aliphatic heterocycles. The normalized spacial score (nSPS) is 14.2. The molecular formula is C11H23NO. The zero-order chi connectivity index (χ0) is 10.4. The molecular weight excluding hydrogens is 162 g/mol. The van der Waals surface area contributed by atoms with Crippen LogP contribution in [0.3, 0.4) is 0 Å². The first kappa shape index (κ1) is 12.6. The quantitative estimate of drug-likeness (QED) is 0.592. The summed E-state index contributed by atoms with van der Waals surface area (Å²) in [5.41, 5.74) is 0. The molecule has 78 valence electrons. The monoisotopic (exact) mass is 185 g/mol. The van der Waals surface area contributed by atoms with Gasteiger partial charge < -0.3 is 4.79 Å². The van der Waals surface area contributed by atoms with Crippen molar-refractivity contribution in [3.8, 4) is 0 Å². The summed E-state index contributed by atoms with van der Waals surface area (Å²) in [5.74, 6) is 0. The number of rotatable bonds is 6. The van der Waals surface area contributed by atoms with Gasteiger partial charge in [0.2, 0.25) is 0 Å². The molecule has 13 heavy (non-hydrogen) atoms. The van der Waals surface area contributed by atoms with Gasteiger partial charge in [0.1, 0.15) is 6.29 Å². The van der Waals surface area contributed by atoms with E-state index in [1.807, 2.05) is 0 Å². The maximum atomic E-state index is 10.9. The van der Waals surface area contributed by atoms with E-state index in [4.69, 9.17) is 0 Å². The highest BCUT2D eigenvalue weighted by Gasteiger charge is 2.22. The molecule has 2 heteroatoms. The van der Waals surface area contributed by atoms with Crippen molar-refractivity contribution in [3.63, 3.8) is 0 Å². The summed E-state index contributed by atoms with van der Waals surface area (Å²) < 4.78 is 0. The Kier molecular flexibility index (Phi) is 5.97. The predicted octanol–water partition coefficient (Wildman–Crippen LogP) is 2.47. The molecule has 0 heterocycles. The molecule has 0 aromatic rings. The van der Waals surface area contributed by atoms with Gasteiger partial charge in [-0.15, -0.1) is 0 Å². The van der Waals surface area contributed by atoms with Crippen molar-refractivity contribution in [2.75, 3.05) is 0 Å².